The molecule has 0 unspecified atom stereocenters. The summed E-state index contributed by atoms with van der Waals surface area (Å²) >= 11 is 0. The zero-order valence-electron chi connectivity index (χ0n) is 19.3. The summed E-state index contributed by atoms with van der Waals surface area (Å²) in [5.41, 5.74) is 8.35. The van der Waals surface area contributed by atoms with E-state index >= 15 is 0 Å². The zero-order chi connectivity index (χ0) is 23.9. The molecule has 0 radical (unpaired) electrons. The Labute approximate surface area is 208 Å². The van der Waals surface area contributed by atoms with Crippen molar-refractivity contribution in [2.24, 2.45) is 0 Å². The van der Waals surface area contributed by atoms with Gasteiger partial charge in [-0.05, 0) is 64.5 Å². The fourth-order valence-corrected chi connectivity index (χ4v) is 4.86. The zero-order valence-corrected chi connectivity index (χ0v) is 19.3. The van der Waals surface area contributed by atoms with Crippen molar-refractivity contribution in [3.63, 3.8) is 0 Å². The van der Waals surface area contributed by atoms with Crippen LogP contribution in [-0.4, -0.2) is 19.9 Å². The monoisotopic (exact) mass is 460 g/mol. The van der Waals surface area contributed by atoms with Gasteiger partial charge < -0.3 is 0 Å². The summed E-state index contributed by atoms with van der Waals surface area (Å²) in [6.45, 7) is 0. The Morgan fingerprint density at radius 2 is 1.36 bits per heavy atom. The Kier molecular flexibility index (Phi) is 4.74. The maximum absolute atomic E-state index is 4.85. The summed E-state index contributed by atoms with van der Waals surface area (Å²) in [7, 11) is 0. The second kappa shape index (κ2) is 8.36. The van der Waals surface area contributed by atoms with Crippen molar-refractivity contribution in [2.45, 2.75) is 0 Å². The minimum Gasteiger partial charge on any atom is -0.264 e. The molecule has 0 atom stereocenters. The molecule has 7 aromatic rings. The first-order chi connectivity index (χ1) is 17.8. The first-order valence-corrected chi connectivity index (χ1v) is 11.9. The first kappa shape index (κ1) is 20.4. The van der Waals surface area contributed by atoms with Crippen molar-refractivity contribution in [3.05, 3.63) is 122 Å². The summed E-state index contributed by atoms with van der Waals surface area (Å²) < 4.78 is 0. The number of benzene rings is 3. The largest absolute Gasteiger partial charge is 0.264 e. The van der Waals surface area contributed by atoms with E-state index < -0.39 is 0 Å². The van der Waals surface area contributed by atoms with E-state index in [4.69, 9.17) is 4.98 Å². The normalized spacial score (nSPS) is 11.3. The molecule has 0 spiro atoms. The van der Waals surface area contributed by atoms with Crippen LogP contribution in [0.15, 0.2) is 122 Å². The number of hydrogen-bond donors (Lipinski definition) is 0. The Morgan fingerprint density at radius 1 is 0.472 bits per heavy atom. The van der Waals surface area contributed by atoms with Gasteiger partial charge in [-0.2, -0.15) is 0 Å². The third kappa shape index (κ3) is 3.48. The van der Waals surface area contributed by atoms with Gasteiger partial charge in [0.25, 0.3) is 0 Å². The van der Waals surface area contributed by atoms with Crippen LogP contribution in [0.25, 0.3) is 66.1 Å². The standard InChI is InChI=1S/C32H20N4/c1-2-13-34-30(5-1)27-11-10-23(17-28(27)24-8-7-22-4-3-14-35-31(22)18-24)26-16-25-9-6-21-12-15-33-20-29(21)32(25)36-19-26/h1-20H. The smallest absolute Gasteiger partial charge is 0.0796 e. The average Bonchev–Trinajstić information content (AvgIpc) is 2.96. The lowest BCUT2D eigenvalue weighted by Gasteiger charge is -2.13. The lowest BCUT2D eigenvalue weighted by atomic mass is 9.92. The molecule has 3 aromatic carbocycles. The average molecular weight is 461 g/mol. The summed E-state index contributed by atoms with van der Waals surface area (Å²) in [5.74, 6) is 0. The number of aromatic nitrogens is 4. The molecule has 4 heterocycles. The molecule has 0 N–H and O–H groups in total. The van der Waals surface area contributed by atoms with E-state index in [1.54, 1.807) is 0 Å². The fraction of sp³-hybridized carbons (Fsp3) is 0. The lowest BCUT2D eigenvalue weighted by molar-refractivity contribution is 1.32. The second-order valence-electron chi connectivity index (χ2n) is 8.84. The molecular weight excluding hydrogens is 440 g/mol. The molecule has 4 aromatic heterocycles. The van der Waals surface area contributed by atoms with Gasteiger partial charge in [-0.1, -0.05) is 48.5 Å². The van der Waals surface area contributed by atoms with Crippen LogP contribution in [0.3, 0.4) is 0 Å². The maximum Gasteiger partial charge on any atom is 0.0796 e. The van der Waals surface area contributed by atoms with Crippen LogP contribution in [0.5, 0.6) is 0 Å². The molecule has 0 saturated carbocycles. The van der Waals surface area contributed by atoms with E-state index in [1.807, 2.05) is 55.2 Å². The molecule has 0 aliphatic rings. The second-order valence-corrected chi connectivity index (χ2v) is 8.84. The summed E-state index contributed by atoms with van der Waals surface area (Å²) in [5, 5.41) is 4.43. The molecule has 4 heteroatoms. The number of nitrogens with zero attached hydrogens (tertiary/aromatic N) is 4. The maximum atomic E-state index is 4.85. The molecule has 0 aliphatic carbocycles. The number of fused-ring (bicyclic) bond motifs is 4. The highest BCUT2D eigenvalue weighted by Gasteiger charge is 2.13. The van der Waals surface area contributed by atoms with Gasteiger partial charge in [-0.15, -0.1) is 0 Å². The van der Waals surface area contributed by atoms with Crippen molar-refractivity contribution >= 4 is 32.6 Å². The van der Waals surface area contributed by atoms with Gasteiger partial charge in [0.1, 0.15) is 0 Å². The summed E-state index contributed by atoms with van der Waals surface area (Å²) in [6, 6.07) is 31.5. The number of hydrogen-bond acceptors (Lipinski definition) is 4. The van der Waals surface area contributed by atoms with Crippen molar-refractivity contribution in [2.75, 3.05) is 0 Å². The molecule has 4 nitrogen and oxygen atoms in total. The Balaban J connectivity index is 1.42. The Morgan fingerprint density at radius 3 is 2.31 bits per heavy atom. The number of rotatable bonds is 3. The van der Waals surface area contributed by atoms with E-state index in [9.17, 15) is 0 Å². The third-order valence-electron chi connectivity index (χ3n) is 6.68. The Bertz CT molecular complexity index is 1890. The number of pyridine rings is 4. The van der Waals surface area contributed by atoms with Gasteiger partial charge in [-0.25, -0.2) is 0 Å². The van der Waals surface area contributed by atoms with Crippen LogP contribution in [-0.2, 0) is 0 Å². The van der Waals surface area contributed by atoms with Crippen molar-refractivity contribution in [1.82, 2.24) is 19.9 Å². The molecule has 0 fully saturated rings. The van der Waals surface area contributed by atoms with Gasteiger partial charge in [0.05, 0.1) is 16.7 Å². The van der Waals surface area contributed by atoms with Gasteiger partial charge >= 0.3 is 0 Å². The van der Waals surface area contributed by atoms with Crippen LogP contribution < -0.4 is 0 Å². The van der Waals surface area contributed by atoms with Gasteiger partial charge in [0, 0.05) is 58.3 Å². The minimum atomic E-state index is 0.941. The SMILES string of the molecule is c1ccc(-c2ccc(-c3cnc4c(ccc5ccncc54)c3)cc2-c2ccc3cccnc3c2)nc1. The van der Waals surface area contributed by atoms with E-state index in [1.165, 1.54) is 0 Å². The van der Waals surface area contributed by atoms with Gasteiger partial charge in [0.15, 0.2) is 0 Å². The highest BCUT2D eigenvalue weighted by molar-refractivity contribution is 6.05. The molecule has 7 rings (SSSR count). The van der Waals surface area contributed by atoms with Crippen molar-refractivity contribution in [3.8, 4) is 33.5 Å². The van der Waals surface area contributed by atoms with Gasteiger partial charge in [-0.3, -0.25) is 19.9 Å². The summed E-state index contributed by atoms with van der Waals surface area (Å²) in [6.07, 6.45) is 9.33. The molecule has 0 saturated heterocycles. The predicted molar refractivity (Wildman–Crippen MR) is 146 cm³/mol. The first-order valence-electron chi connectivity index (χ1n) is 11.9. The van der Waals surface area contributed by atoms with Crippen LogP contribution in [0.2, 0.25) is 0 Å². The quantitative estimate of drug-likeness (QED) is 0.253. The van der Waals surface area contributed by atoms with E-state index in [2.05, 4.69) is 81.7 Å². The highest BCUT2D eigenvalue weighted by Crippen LogP contribution is 2.36. The van der Waals surface area contributed by atoms with E-state index in [0.29, 0.717) is 0 Å². The highest BCUT2D eigenvalue weighted by atomic mass is 14.7. The van der Waals surface area contributed by atoms with Crippen LogP contribution in [0.4, 0.5) is 0 Å². The molecular formula is C32H20N4. The van der Waals surface area contributed by atoms with Crippen LogP contribution >= 0.6 is 0 Å². The molecule has 0 bridgehead atoms. The molecule has 168 valence electrons. The van der Waals surface area contributed by atoms with Crippen molar-refractivity contribution in [1.29, 1.82) is 0 Å². The van der Waals surface area contributed by atoms with Crippen LogP contribution in [0, 0.1) is 0 Å². The molecule has 36 heavy (non-hydrogen) atoms. The van der Waals surface area contributed by atoms with E-state index in [0.717, 1.165) is 66.1 Å². The van der Waals surface area contributed by atoms with Crippen molar-refractivity contribution < 1.29 is 0 Å². The molecule has 0 aliphatic heterocycles. The predicted octanol–water partition coefficient (Wildman–Crippen LogP) is 7.73. The fourth-order valence-electron chi connectivity index (χ4n) is 4.86. The summed E-state index contributed by atoms with van der Waals surface area (Å²) in [4.78, 5) is 18.4. The van der Waals surface area contributed by atoms with E-state index in [-0.39, 0.29) is 0 Å². The topological polar surface area (TPSA) is 51.6 Å². The van der Waals surface area contributed by atoms with Crippen LogP contribution in [0.1, 0.15) is 0 Å². The molecule has 0 amide bonds. The van der Waals surface area contributed by atoms with Gasteiger partial charge in [0.2, 0.25) is 0 Å². The Hall–Kier alpha value is -4.96. The third-order valence-corrected chi connectivity index (χ3v) is 6.68. The lowest BCUT2D eigenvalue weighted by Crippen LogP contribution is -1.91. The minimum absolute atomic E-state index is 0.941.